The number of rotatable bonds is 37. The Morgan fingerprint density at radius 2 is 0.902 bits per heavy atom. The van der Waals surface area contributed by atoms with Gasteiger partial charge in [-0.25, -0.2) is 4.57 Å². The monoisotopic (exact) mass is 751 g/mol. The summed E-state index contributed by atoms with van der Waals surface area (Å²) >= 11 is 0. The Morgan fingerprint density at radius 3 is 1.25 bits per heavy atom. The Bertz CT molecular complexity index is 800. The van der Waals surface area contributed by atoms with Crippen molar-refractivity contribution in [3.05, 3.63) is 0 Å². The van der Waals surface area contributed by atoms with E-state index in [4.69, 9.17) is 24.3 Å². The average molecular weight is 751 g/mol. The van der Waals surface area contributed by atoms with Crippen molar-refractivity contribution in [1.29, 1.82) is 0 Å². The molecule has 0 fully saturated rings. The molecule has 0 aliphatic rings. The zero-order valence-corrected chi connectivity index (χ0v) is 34.9. The fourth-order valence-corrected chi connectivity index (χ4v) is 6.34. The van der Waals surface area contributed by atoms with Gasteiger partial charge in [-0.1, -0.05) is 168 Å². The maximum atomic E-state index is 12.5. The summed E-state index contributed by atoms with van der Waals surface area (Å²) in [5.41, 5.74) is 5.33. The topological polar surface area (TPSA) is 138 Å². The van der Waals surface area contributed by atoms with Crippen LogP contribution in [0.5, 0.6) is 0 Å². The number of hydrogen-bond acceptors (Lipinski definition) is 9. The molecule has 0 saturated carbocycles. The van der Waals surface area contributed by atoms with Crippen molar-refractivity contribution in [2.45, 2.75) is 200 Å². The van der Waals surface area contributed by atoms with Crippen LogP contribution in [0.15, 0.2) is 0 Å². The molecule has 0 aromatic heterocycles. The highest BCUT2D eigenvalue weighted by atomic mass is 31.2. The first-order valence-corrected chi connectivity index (χ1v) is 22.3. The highest BCUT2D eigenvalue weighted by molar-refractivity contribution is 7.47. The van der Waals surface area contributed by atoms with E-state index in [1.165, 1.54) is 128 Å². The fourth-order valence-electron chi connectivity index (χ4n) is 5.58. The minimum absolute atomic E-state index is 0.0578. The summed E-state index contributed by atoms with van der Waals surface area (Å²) in [5, 5.41) is 0. The van der Waals surface area contributed by atoms with E-state index in [2.05, 4.69) is 13.8 Å². The third-order valence-electron chi connectivity index (χ3n) is 8.49. The molecule has 1 unspecified atom stereocenters. The second-order valence-corrected chi connectivity index (χ2v) is 16.0. The number of phosphoric ester groups is 1. The van der Waals surface area contributed by atoms with Crippen LogP contribution in [-0.4, -0.2) is 75.3 Å². The molecule has 11 heteroatoms. The lowest BCUT2D eigenvalue weighted by Gasteiger charge is -2.19. The Hall–Kier alpha value is -1.03. The number of hydrogen-bond donors (Lipinski definition) is 2. The molecule has 0 saturated heterocycles. The van der Waals surface area contributed by atoms with Crippen LogP contribution in [0.2, 0.25) is 0 Å². The lowest BCUT2D eigenvalue weighted by molar-refractivity contribution is -0.161. The predicted octanol–water partition coefficient (Wildman–Crippen LogP) is 10.7. The average Bonchev–Trinajstić information content (AvgIpc) is 3.09. The molecule has 0 bridgehead atoms. The number of unbranched alkanes of at least 4 members (excludes halogenated alkanes) is 24. The van der Waals surface area contributed by atoms with Crippen molar-refractivity contribution in [2.24, 2.45) is 5.73 Å². The van der Waals surface area contributed by atoms with Crippen molar-refractivity contribution < 1.29 is 37.6 Å². The number of nitrogens with zero attached hydrogens (tertiary/aromatic N) is 1. The first-order chi connectivity index (χ1) is 24.6. The zero-order chi connectivity index (χ0) is 38.3. The van der Waals surface area contributed by atoms with E-state index in [1.807, 2.05) is 26.0 Å². The SMILES string of the molecule is CCCCCCCCCCCCCCCC(=O)OC[C@H](COP(=O)(O)OCCN)OC(=O)CCCCCCCCCCCCCCC.CN(C)C. The Kier molecular flexibility index (Phi) is 41.0. The van der Waals surface area contributed by atoms with Gasteiger partial charge in [0.15, 0.2) is 6.10 Å². The van der Waals surface area contributed by atoms with Gasteiger partial charge in [0, 0.05) is 19.4 Å². The largest absolute Gasteiger partial charge is 0.472 e. The van der Waals surface area contributed by atoms with Crippen LogP contribution in [0.25, 0.3) is 0 Å². The number of ether oxygens (including phenoxy) is 2. The van der Waals surface area contributed by atoms with Crippen LogP contribution >= 0.6 is 7.82 Å². The standard InChI is InChI=1S/C37H74NO8P.C3H9N/c1-3-5-7-9-11-13-15-17-19-21-23-25-27-29-36(39)43-33-35(34-45-47(41,42)44-32-31-38)46-37(40)30-28-26-24-22-20-18-16-14-12-10-8-6-4-2;1-4(2)3/h35H,3-34,38H2,1-2H3,(H,41,42);1-3H3/t35-;/m1./s1. The summed E-state index contributed by atoms with van der Waals surface area (Å²) in [5.74, 6) is -0.818. The molecule has 0 aliphatic heterocycles. The van der Waals surface area contributed by atoms with Gasteiger partial charge >= 0.3 is 19.8 Å². The summed E-state index contributed by atoms with van der Waals surface area (Å²) in [4.78, 5) is 36.7. The summed E-state index contributed by atoms with van der Waals surface area (Å²) < 4.78 is 32.7. The maximum Gasteiger partial charge on any atom is 0.472 e. The molecule has 10 nitrogen and oxygen atoms in total. The lowest BCUT2D eigenvalue weighted by atomic mass is 10.0. The van der Waals surface area contributed by atoms with Gasteiger partial charge in [-0.05, 0) is 34.0 Å². The predicted molar refractivity (Wildman–Crippen MR) is 212 cm³/mol. The molecule has 0 rings (SSSR count). The second kappa shape index (κ2) is 40.2. The number of esters is 2. The Labute approximate surface area is 314 Å². The molecule has 0 amide bonds. The van der Waals surface area contributed by atoms with Crippen molar-refractivity contribution in [3.8, 4) is 0 Å². The number of phosphoric acid groups is 1. The van der Waals surface area contributed by atoms with Crippen LogP contribution in [-0.2, 0) is 32.7 Å². The van der Waals surface area contributed by atoms with Crippen LogP contribution < -0.4 is 5.73 Å². The first-order valence-electron chi connectivity index (χ1n) is 20.9. The third kappa shape index (κ3) is 45.1. The van der Waals surface area contributed by atoms with Gasteiger partial charge in [0.25, 0.3) is 0 Å². The molecule has 3 N–H and O–H groups in total. The van der Waals surface area contributed by atoms with Gasteiger partial charge < -0.3 is 25.0 Å². The van der Waals surface area contributed by atoms with Crippen molar-refractivity contribution in [3.63, 3.8) is 0 Å². The molecular formula is C40H83N2O8P. The van der Waals surface area contributed by atoms with Crippen LogP contribution in [0.3, 0.4) is 0 Å². The minimum atomic E-state index is -4.36. The van der Waals surface area contributed by atoms with Gasteiger partial charge in [-0.15, -0.1) is 0 Å². The van der Waals surface area contributed by atoms with Crippen molar-refractivity contribution in [1.82, 2.24) is 4.90 Å². The van der Waals surface area contributed by atoms with Gasteiger partial charge in [0.1, 0.15) is 6.61 Å². The van der Waals surface area contributed by atoms with E-state index in [9.17, 15) is 19.0 Å². The number of carbonyl (C=O) groups excluding carboxylic acids is 2. The molecular weight excluding hydrogens is 667 g/mol. The Morgan fingerprint density at radius 1 is 0.569 bits per heavy atom. The second-order valence-electron chi connectivity index (χ2n) is 14.5. The van der Waals surface area contributed by atoms with Crippen LogP contribution in [0.4, 0.5) is 0 Å². The molecule has 2 atom stereocenters. The number of nitrogens with two attached hydrogens (primary N) is 1. The van der Waals surface area contributed by atoms with Gasteiger partial charge in [-0.3, -0.25) is 18.6 Å². The molecule has 0 aromatic rings. The minimum Gasteiger partial charge on any atom is -0.462 e. The van der Waals surface area contributed by atoms with Gasteiger partial charge in [0.2, 0.25) is 0 Å². The van der Waals surface area contributed by atoms with E-state index in [0.29, 0.717) is 6.42 Å². The smallest absolute Gasteiger partial charge is 0.462 e. The van der Waals surface area contributed by atoms with E-state index in [0.717, 1.165) is 32.1 Å². The molecule has 0 aliphatic carbocycles. The summed E-state index contributed by atoms with van der Waals surface area (Å²) in [6.07, 6.45) is 31.2. The van der Waals surface area contributed by atoms with Crippen molar-refractivity contribution >= 4 is 19.8 Å². The summed E-state index contributed by atoms with van der Waals surface area (Å²) in [6.45, 7) is 3.74. The molecule has 0 radical (unpaired) electrons. The molecule has 0 spiro atoms. The summed E-state index contributed by atoms with van der Waals surface area (Å²) in [6, 6.07) is 0. The van der Waals surface area contributed by atoms with E-state index in [-0.39, 0.29) is 38.6 Å². The quantitative estimate of drug-likeness (QED) is 0.0358. The van der Waals surface area contributed by atoms with E-state index >= 15 is 0 Å². The third-order valence-corrected chi connectivity index (χ3v) is 9.48. The molecule has 0 aromatic carbocycles. The van der Waals surface area contributed by atoms with Crippen LogP contribution in [0, 0.1) is 0 Å². The highest BCUT2D eigenvalue weighted by Gasteiger charge is 2.26. The van der Waals surface area contributed by atoms with E-state index in [1.54, 1.807) is 0 Å². The van der Waals surface area contributed by atoms with Gasteiger partial charge in [-0.2, -0.15) is 0 Å². The highest BCUT2D eigenvalue weighted by Crippen LogP contribution is 2.43. The number of carbonyl (C=O) groups is 2. The maximum absolute atomic E-state index is 12.5. The first kappa shape index (κ1) is 52.1. The van der Waals surface area contributed by atoms with Gasteiger partial charge in [0.05, 0.1) is 13.2 Å². The lowest BCUT2D eigenvalue weighted by Crippen LogP contribution is -2.29. The zero-order valence-electron chi connectivity index (χ0n) is 34.0. The van der Waals surface area contributed by atoms with Crippen molar-refractivity contribution in [2.75, 3.05) is 47.5 Å². The normalized spacial score (nSPS) is 13.0. The summed E-state index contributed by atoms with van der Waals surface area (Å²) in [7, 11) is 1.64. The fraction of sp³-hybridized carbons (Fsp3) is 0.950. The molecule has 0 heterocycles. The molecule has 51 heavy (non-hydrogen) atoms. The van der Waals surface area contributed by atoms with E-state index < -0.39 is 26.5 Å². The molecule has 306 valence electrons. The Balaban J connectivity index is 0. The van der Waals surface area contributed by atoms with Crippen LogP contribution in [0.1, 0.15) is 194 Å².